The van der Waals surface area contributed by atoms with Crippen molar-refractivity contribution in [2.75, 3.05) is 13.2 Å². The first kappa shape index (κ1) is 19.4. The van der Waals surface area contributed by atoms with Crippen molar-refractivity contribution in [2.24, 2.45) is 0 Å². The van der Waals surface area contributed by atoms with Gasteiger partial charge in [-0.15, -0.1) is 0 Å². The van der Waals surface area contributed by atoms with E-state index in [0.717, 1.165) is 37.2 Å². The molecule has 1 N–H and O–H groups in total. The molecule has 4 heteroatoms. The van der Waals surface area contributed by atoms with Gasteiger partial charge < -0.3 is 10.1 Å². The standard InChI is InChI=1S/C23H25ClN2O/c1-2-27-22-11-7-6-10-21(22)17-25-13-12-20-15-19(16-26-23(20)24)14-18-8-4-3-5-9-18/h3-11,15-16,25H,2,12-14,17H2,1H3. The van der Waals surface area contributed by atoms with Gasteiger partial charge in [0, 0.05) is 18.3 Å². The number of rotatable bonds is 9. The van der Waals surface area contributed by atoms with E-state index in [-0.39, 0.29) is 0 Å². The zero-order valence-corrected chi connectivity index (χ0v) is 16.4. The summed E-state index contributed by atoms with van der Waals surface area (Å²) in [5.74, 6) is 0.942. The molecular weight excluding hydrogens is 356 g/mol. The molecule has 3 rings (SSSR count). The first-order valence-corrected chi connectivity index (χ1v) is 9.72. The number of ether oxygens (including phenoxy) is 1. The molecule has 140 valence electrons. The van der Waals surface area contributed by atoms with Crippen molar-refractivity contribution in [3.05, 3.63) is 94.3 Å². The maximum atomic E-state index is 6.30. The number of pyridine rings is 1. The van der Waals surface area contributed by atoms with E-state index in [0.29, 0.717) is 11.8 Å². The molecule has 27 heavy (non-hydrogen) atoms. The van der Waals surface area contributed by atoms with Gasteiger partial charge in [-0.25, -0.2) is 4.98 Å². The molecular formula is C23H25ClN2O. The Morgan fingerprint density at radius 2 is 1.74 bits per heavy atom. The SMILES string of the molecule is CCOc1ccccc1CNCCc1cc(Cc2ccccc2)cnc1Cl. The zero-order chi connectivity index (χ0) is 18.9. The number of benzene rings is 2. The summed E-state index contributed by atoms with van der Waals surface area (Å²) in [5.41, 5.74) is 4.71. The lowest BCUT2D eigenvalue weighted by molar-refractivity contribution is 0.335. The predicted octanol–water partition coefficient (Wildman–Crippen LogP) is 5.06. The van der Waals surface area contributed by atoms with Crippen molar-refractivity contribution >= 4 is 11.6 Å². The molecule has 0 aliphatic heterocycles. The number of halogens is 1. The van der Waals surface area contributed by atoms with Crippen molar-refractivity contribution in [1.29, 1.82) is 0 Å². The Hall–Kier alpha value is -2.36. The van der Waals surface area contributed by atoms with Crippen LogP contribution in [-0.4, -0.2) is 18.1 Å². The normalized spacial score (nSPS) is 10.7. The van der Waals surface area contributed by atoms with Crippen LogP contribution in [-0.2, 0) is 19.4 Å². The van der Waals surface area contributed by atoms with Crippen LogP contribution >= 0.6 is 11.6 Å². The number of hydrogen-bond acceptors (Lipinski definition) is 3. The Labute approximate surface area is 166 Å². The largest absolute Gasteiger partial charge is 0.494 e. The second-order valence-corrected chi connectivity index (χ2v) is 6.78. The van der Waals surface area contributed by atoms with E-state index >= 15 is 0 Å². The van der Waals surface area contributed by atoms with Crippen molar-refractivity contribution in [3.8, 4) is 5.75 Å². The molecule has 1 aromatic heterocycles. The molecule has 0 unspecified atom stereocenters. The summed E-state index contributed by atoms with van der Waals surface area (Å²) in [6.45, 7) is 4.27. The highest BCUT2D eigenvalue weighted by atomic mass is 35.5. The number of hydrogen-bond donors (Lipinski definition) is 1. The molecule has 3 nitrogen and oxygen atoms in total. The molecule has 0 bridgehead atoms. The summed E-state index contributed by atoms with van der Waals surface area (Å²) in [6, 6.07) is 20.7. The number of nitrogens with one attached hydrogen (secondary N) is 1. The fourth-order valence-corrected chi connectivity index (χ4v) is 3.24. The van der Waals surface area contributed by atoms with Crippen LogP contribution in [0.5, 0.6) is 5.75 Å². The fraction of sp³-hybridized carbons (Fsp3) is 0.261. The minimum atomic E-state index is 0.586. The van der Waals surface area contributed by atoms with Gasteiger partial charge in [0.25, 0.3) is 0 Å². The van der Waals surface area contributed by atoms with Gasteiger partial charge in [-0.3, -0.25) is 0 Å². The van der Waals surface area contributed by atoms with Crippen LogP contribution < -0.4 is 10.1 Å². The van der Waals surface area contributed by atoms with Gasteiger partial charge in [-0.1, -0.05) is 66.2 Å². The number of aromatic nitrogens is 1. The molecule has 0 spiro atoms. The number of para-hydroxylation sites is 1. The van der Waals surface area contributed by atoms with Gasteiger partial charge >= 0.3 is 0 Å². The summed E-state index contributed by atoms with van der Waals surface area (Å²) in [7, 11) is 0. The van der Waals surface area contributed by atoms with Gasteiger partial charge in [0.1, 0.15) is 10.9 Å². The molecule has 0 atom stereocenters. The van der Waals surface area contributed by atoms with E-state index in [4.69, 9.17) is 16.3 Å². The van der Waals surface area contributed by atoms with E-state index in [1.54, 1.807) is 0 Å². The molecule has 3 aromatic rings. The Bertz CT molecular complexity index is 852. The van der Waals surface area contributed by atoms with Crippen LogP contribution in [0.1, 0.15) is 29.2 Å². The van der Waals surface area contributed by atoms with E-state index in [1.165, 1.54) is 16.7 Å². The van der Waals surface area contributed by atoms with Crippen LogP contribution in [0.3, 0.4) is 0 Å². The maximum absolute atomic E-state index is 6.30. The van der Waals surface area contributed by atoms with Crippen LogP contribution in [0.25, 0.3) is 0 Å². The lowest BCUT2D eigenvalue weighted by Gasteiger charge is -2.11. The van der Waals surface area contributed by atoms with Crippen molar-refractivity contribution < 1.29 is 4.74 Å². The van der Waals surface area contributed by atoms with Crippen molar-refractivity contribution in [2.45, 2.75) is 26.3 Å². The van der Waals surface area contributed by atoms with Crippen molar-refractivity contribution in [1.82, 2.24) is 10.3 Å². The third-order valence-corrected chi connectivity index (χ3v) is 4.72. The summed E-state index contributed by atoms with van der Waals surface area (Å²) in [5, 5.41) is 4.07. The molecule has 2 aromatic carbocycles. The topological polar surface area (TPSA) is 34.1 Å². The van der Waals surface area contributed by atoms with E-state index in [2.05, 4.69) is 46.7 Å². The Morgan fingerprint density at radius 1 is 0.963 bits per heavy atom. The Balaban J connectivity index is 1.56. The van der Waals surface area contributed by atoms with E-state index in [1.807, 2.05) is 37.4 Å². The van der Waals surface area contributed by atoms with Crippen LogP contribution in [0, 0.1) is 0 Å². The molecule has 0 saturated heterocycles. The second kappa shape index (κ2) is 10.1. The van der Waals surface area contributed by atoms with Gasteiger partial charge in [0.05, 0.1) is 6.61 Å². The molecule has 0 amide bonds. The fourth-order valence-electron chi connectivity index (χ4n) is 3.04. The quantitative estimate of drug-likeness (QED) is 0.416. The van der Waals surface area contributed by atoms with Crippen LogP contribution in [0.2, 0.25) is 5.15 Å². The highest BCUT2D eigenvalue weighted by Crippen LogP contribution is 2.19. The summed E-state index contributed by atoms with van der Waals surface area (Å²) < 4.78 is 5.67. The monoisotopic (exact) mass is 380 g/mol. The average Bonchev–Trinajstić information content (AvgIpc) is 2.70. The highest BCUT2D eigenvalue weighted by Gasteiger charge is 2.06. The van der Waals surface area contributed by atoms with Gasteiger partial charge in [-0.05, 0) is 49.1 Å². The van der Waals surface area contributed by atoms with Crippen LogP contribution in [0.15, 0.2) is 66.9 Å². The van der Waals surface area contributed by atoms with Gasteiger partial charge in [0.2, 0.25) is 0 Å². The Kier molecular flexibility index (Phi) is 7.26. The highest BCUT2D eigenvalue weighted by molar-refractivity contribution is 6.30. The zero-order valence-electron chi connectivity index (χ0n) is 15.6. The maximum Gasteiger partial charge on any atom is 0.132 e. The third-order valence-electron chi connectivity index (χ3n) is 4.38. The number of nitrogens with zero attached hydrogens (tertiary/aromatic N) is 1. The van der Waals surface area contributed by atoms with Gasteiger partial charge in [0.15, 0.2) is 0 Å². The van der Waals surface area contributed by atoms with Crippen molar-refractivity contribution in [3.63, 3.8) is 0 Å². The van der Waals surface area contributed by atoms with Crippen LogP contribution in [0.4, 0.5) is 0 Å². The van der Waals surface area contributed by atoms with Gasteiger partial charge in [-0.2, -0.15) is 0 Å². The molecule has 0 aliphatic rings. The molecule has 0 saturated carbocycles. The summed E-state index contributed by atoms with van der Waals surface area (Å²) >= 11 is 6.30. The smallest absolute Gasteiger partial charge is 0.132 e. The second-order valence-electron chi connectivity index (χ2n) is 6.42. The average molecular weight is 381 g/mol. The summed E-state index contributed by atoms with van der Waals surface area (Å²) in [4.78, 5) is 4.37. The molecule has 0 fully saturated rings. The molecule has 1 heterocycles. The minimum absolute atomic E-state index is 0.586. The first-order chi connectivity index (χ1) is 13.3. The van der Waals surface area contributed by atoms with E-state index in [9.17, 15) is 0 Å². The molecule has 0 radical (unpaired) electrons. The molecule has 0 aliphatic carbocycles. The Morgan fingerprint density at radius 3 is 2.56 bits per heavy atom. The first-order valence-electron chi connectivity index (χ1n) is 9.35. The minimum Gasteiger partial charge on any atom is -0.494 e. The predicted molar refractivity (Wildman–Crippen MR) is 112 cm³/mol. The lowest BCUT2D eigenvalue weighted by atomic mass is 10.0. The third kappa shape index (κ3) is 5.81. The lowest BCUT2D eigenvalue weighted by Crippen LogP contribution is -2.17. The van der Waals surface area contributed by atoms with E-state index < -0.39 is 0 Å². The summed E-state index contributed by atoms with van der Waals surface area (Å²) in [6.07, 6.45) is 3.57.